The van der Waals surface area contributed by atoms with Crippen molar-refractivity contribution >= 4 is 17.5 Å². The molecule has 0 aliphatic heterocycles. The molecule has 0 bridgehead atoms. The van der Waals surface area contributed by atoms with E-state index in [9.17, 15) is 0 Å². The van der Waals surface area contributed by atoms with Crippen molar-refractivity contribution in [1.82, 2.24) is 9.97 Å². The van der Waals surface area contributed by atoms with E-state index in [0.717, 1.165) is 17.3 Å². The average Bonchev–Trinajstić information content (AvgIpc) is 2.40. The third kappa shape index (κ3) is 2.84. The molecule has 17 heavy (non-hydrogen) atoms. The van der Waals surface area contributed by atoms with Crippen molar-refractivity contribution in [2.75, 3.05) is 24.8 Å². The van der Waals surface area contributed by atoms with E-state index in [0.29, 0.717) is 5.95 Å². The Kier molecular flexibility index (Phi) is 3.40. The molecular weight excluding hydrogens is 216 g/mol. The van der Waals surface area contributed by atoms with Gasteiger partial charge in [-0.1, -0.05) is 0 Å². The van der Waals surface area contributed by atoms with Gasteiger partial charge >= 0.3 is 0 Å². The van der Waals surface area contributed by atoms with Crippen molar-refractivity contribution in [3.05, 3.63) is 36.5 Å². The highest BCUT2D eigenvalue weighted by Gasteiger charge is 1.98. The summed E-state index contributed by atoms with van der Waals surface area (Å²) in [4.78, 5) is 8.31. The summed E-state index contributed by atoms with van der Waals surface area (Å²) in [5, 5.41) is 6.07. The van der Waals surface area contributed by atoms with Crippen LogP contribution in [0.4, 0.5) is 17.5 Å². The molecule has 0 aliphatic carbocycles. The van der Waals surface area contributed by atoms with E-state index in [1.54, 1.807) is 20.4 Å². The summed E-state index contributed by atoms with van der Waals surface area (Å²) in [5.41, 5.74) is 0.951. The topological polar surface area (TPSA) is 59.1 Å². The first-order valence-corrected chi connectivity index (χ1v) is 5.23. The number of ether oxygens (including phenoxy) is 1. The molecule has 0 radical (unpaired) electrons. The molecule has 88 valence electrons. The predicted octanol–water partition coefficient (Wildman–Crippen LogP) is 2.27. The number of rotatable bonds is 4. The van der Waals surface area contributed by atoms with E-state index in [1.165, 1.54) is 0 Å². The molecule has 0 fully saturated rings. The van der Waals surface area contributed by atoms with Crippen molar-refractivity contribution in [3.63, 3.8) is 0 Å². The molecule has 1 heterocycles. The Balaban J connectivity index is 2.13. The van der Waals surface area contributed by atoms with E-state index >= 15 is 0 Å². The number of nitrogens with zero attached hydrogens (tertiary/aromatic N) is 2. The van der Waals surface area contributed by atoms with Crippen molar-refractivity contribution < 1.29 is 4.74 Å². The Morgan fingerprint density at radius 3 is 2.53 bits per heavy atom. The number of methoxy groups -OCH3 is 1. The van der Waals surface area contributed by atoms with Gasteiger partial charge in [-0.2, -0.15) is 4.98 Å². The zero-order chi connectivity index (χ0) is 12.1. The van der Waals surface area contributed by atoms with Crippen LogP contribution in [0.2, 0.25) is 0 Å². The van der Waals surface area contributed by atoms with E-state index in [-0.39, 0.29) is 0 Å². The fraction of sp³-hybridized carbons (Fsp3) is 0.167. The SMILES string of the molecule is CNc1nccc(Nc2ccc(OC)cc2)n1. The first-order valence-electron chi connectivity index (χ1n) is 5.23. The molecule has 0 aliphatic rings. The van der Waals surface area contributed by atoms with Crippen LogP contribution >= 0.6 is 0 Å². The zero-order valence-corrected chi connectivity index (χ0v) is 9.77. The van der Waals surface area contributed by atoms with Gasteiger partial charge in [-0.25, -0.2) is 4.98 Å². The minimum absolute atomic E-state index is 0.587. The quantitative estimate of drug-likeness (QED) is 0.843. The lowest BCUT2D eigenvalue weighted by Gasteiger charge is -2.07. The second-order valence-electron chi connectivity index (χ2n) is 3.37. The first-order chi connectivity index (χ1) is 8.31. The third-order valence-electron chi connectivity index (χ3n) is 2.24. The molecule has 2 N–H and O–H groups in total. The van der Waals surface area contributed by atoms with E-state index in [1.807, 2.05) is 30.3 Å². The lowest BCUT2D eigenvalue weighted by atomic mass is 10.3. The van der Waals surface area contributed by atoms with E-state index < -0.39 is 0 Å². The van der Waals surface area contributed by atoms with Crippen LogP contribution in [0.1, 0.15) is 0 Å². The van der Waals surface area contributed by atoms with Crippen LogP contribution in [0, 0.1) is 0 Å². The summed E-state index contributed by atoms with van der Waals surface area (Å²) < 4.78 is 5.09. The lowest BCUT2D eigenvalue weighted by Crippen LogP contribution is -1.99. The van der Waals surface area contributed by atoms with Gasteiger partial charge in [0.2, 0.25) is 5.95 Å². The van der Waals surface area contributed by atoms with Gasteiger partial charge in [0, 0.05) is 18.9 Å². The van der Waals surface area contributed by atoms with Gasteiger partial charge in [0.15, 0.2) is 0 Å². The molecule has 0 saturated carbocycles. The Morgan fingerprint density at radius 1 is 1.12 bits per heavy atom. The largest absolute Gasteiger partial charge is 0.497 e. The Bertz CT molecular complexity index is 484. The lowest BCUT2D eigenvalue weighted by molar-refractivity contribution is 0.415. The third-order valence-corrected chi connectivity index (χ3v) is 2.24. The van der Waals surface area contributed by atoms with Crippen molar-refractivity contribution in [3.8, 4) is 5.75 Å². The van der Waals surface area contributed by atoms with Gasteiger partial charge in [-0.05, 0) is 30.3 Å². The second kappa shape index (κ2) is 5.16. The maximum absolute atomic E-state index is 5.09. The molecule has 2 aromatic rings. The average molecular weight is 230 g/mol. The molecule has 0 saturated heterocycles. The van der Waals surface area contributed by atoms with Crippen LogP contribution in [-0.4, -0.2) is 24.1 Å². The zero-order valence-electron chi connectivity index (χ0n) is 9.77. The van der Waals surface area contributed by atoms with Gasteiger partial charge in [-0.3, -0.25) is 0 Å². The van der Waals surface area contributed by atoms with Gasteiger partial charge in [0.1, 0.15) is 11.6 Å². The minimum Gasteiger partial charge on any atom is -0.497 e. The summed E-state index contributed by atoms with van der Waals surface area (Å²) in [7, 11) is 3.43. The number of anilines is 3. The molecule has 1 aromatic heterocycles. The standard InChI is InChI=1S/C12H14N4O/c1-13-12-14-8-7-11(16-12)15-9-3-5-10(17-2)6-4-9/h3-8H,1-2H3,(H2,13,14,15,16). The fourth-order valence-corrected chi connectivity index (χ4v) is 1.37. The predicted molar refractivity (Wildman–Crippen MR) is 67.9 cm³/mol. The maximum Gasteiger partial charge on any atom is 0.224 e. The monoisotopic (exact) mass is 230 g/mol. The number of nitrogens with one attached hydrogen (secondary N) is 2. The highest BCUT2D eigenvalue weighted by Crippen LogP contribution is 2.18. The summed E-state index contributed by atoms with van der Waals surface area (Å²) >= 11 is 0. The maximum atomic E-state index is 5.09. The highest BCUT2D eigenvalue weighted by atomic mass is 16.5. The number of hydrogen-bond donors (Lipinski definition) is 2. The molecule has 1 aromatic carbocycles. The summed E-state index contributed by atoms with van der Waals surface area (Å²) in [5.74, 6) is 2.16. The molecular formula is C12H14N4O. The second-order valence-corrected chi connectivity index (χ2v) is 3.37. The van der Waals surface area contributed by atoms with Gasteiger partial charge in [0.05, 0.1) is 7.11 Å². The summed E-state index contributed by atoms with van der Waals surface area (Å²) in [6, 6.07) is 9.45. The van der Waals surface area contributed by atoms with E-state index in [2.05, 4.69) is 20.6 Å². The highest BCUT2D eigenvalue weighted by molar-refractivity contribution is 5.57. The molecule has 0 unspecified atom stereocenters. The van der Waals surface area contributed by atoms with Crippen LogP contribution in [0.3, 0.4) is 0 Å². The van der Waals surface area contributed by atoms with Crippen molar-refractivity contribution in [2.45, 2.75) is 0 Å². The van der Waals surface area contributed by atoms with Crippen molar-refractivity contribution in [1.29, 1.82) is 0 Å². The normalized spacial score (nSPS) is 9.76. The first kappa shape index (κ1) is 11.2. The fourth-order valence-electron chi connectivity index (χ4n) is 1.37. The Labute approximate surface area is 99.9 Å². The molecule has 5 heteroatoms. The number of hydrogen-bond acceptors (Lipinski definition) is 5. The van der Waals surface area contributed by atoms with Crippen LogP contribution in [0.15, 0.2) is 36.5 Å². The van der Waals surface area contributed by atoms with E-state index in [4.69, 9.17) is 4.74 Å². The Morgan fingerprint density at radius 2 is 1.88 bits per heavy atom. The van der Waals surface area contributed by atoms with Crippen molar-refractivity contribution in [2.24, 2.45) is 0 Å². The van der Waals surface area contributed by atoms with Crippen LogP contribution in [0.25, 0.3) is 0 Å². The van der Waals surface area contributed by atoms with Crippen LogP contribution in [0.5, 0.6) is 5.75 Å². The van der Waals surface area contributed by atoms with Crippen LogP contribution < -0.4 is 15.4 Å². The summed E-state index contributed by atoms with van der Waals surface area (Å²) in [6.45, 7) is 0. The molecule has 0 amide bonds. The van der Waals surface area contributed by atoms with Gasteiger partial charge in [0.25, 0.3) is 0 Å². The smallest absolute Gasteiger partial charge is 0.224 e. The molecule has 5 nitrogen and oxygen atoms in total. The molecule has 0 spiro atoms. The minimum atomic E-state index is 0.587. The van der Waals surface area contributed by atoms with Gasteiger partial charge in [-0.15, -0.1) is 0 Å². The van der Waals surface area contributed by atoms with Crippen LogP contribution in [-0.2, 0) is 0 Å². The summed E-state index contributed by atoms with van der Waals surface area (Å²) in [6.07, 6.45) is 1.70. The van der Waals surface area contributed by atoms with Gasteiger partial charge < -0.3 is 15.4 Å². The Hall–Kier alpha value is -2.30. The number of benzene rings is 1. The molecule has 0 atom stereocenters. The number of aromatic nitrogens is 2. The molecule has 2 rings (SSSR count).